The molecule has 1 heterocycles. The van der Waals surface area contributed by atoms with Crippen LogP contribution in [0.25, 0.3) is 0 Å². The SMILES string of the molecule is C[C@@H]1OC(=O)[C@@H](NC(=O)O)COC[C@H](Cc2ccccc2)[C@H]1Oc1ccccc1. The molecule has 1 fully saturated rings. The molecule has 0 aromatic heterocycles. The zero-order chi connectivity index (χ0) is 20.6. The summed E-state index contributed by atoms with van der Waals surface area (Å²) in [7, 11) is 0. The maximum Gasteiger partial charge on any atom is 0.405 e. The van der Waals surface area contributed by atoms with Crippen LogP contribution in [0.2, 0.25) is 0 Å². The average Bonchev–Trinajstić information content (AvgIpc) is 2.75. The summed E-state index contributed by atoms with van der Waals surface area (Å²) in [5, 5.41) is 11.1. The van der Waals surface area contributed by atoms with E-state index in [-0.39, 0.29) is 12.5 Å². The minimum atomic E-state index is -1.31. The minimum absolute atomic E-state index is 0.0960. The van der Waals surface area contributed by atoms with Gasteiger partial charge in [-0.25, -0.2) is 9.59 Å². The van der Waals surface area contributed by atoms with Crippen LogP contribution in [0.4, 0.5) is 4.79 Å². The molecule has 7 heteroatoms. The zero-order valence-electron chi connectivity index (χ0n) is 16.2. The summed E-state index contributed by atoms with van der Waals surface area (Å²) in [4.78, 5) is 23.4. The van der Waals surface area contributed by atoms with E-state index in [2.05, 4.69) is 5.32 Å². The third-order valence-corrected chi connectivity index (χ3v) is 4.78. The van der Waals surface area contributed by atoms with E-state index in [1.54, 1.807) is 6.92 Å². The van der Waals surface area contributed by atoms with E-state index in [1.165, 1.54) is 0 Å². The van der Waals surface area contributed by atoms with E-state index in [0.717, 1.165) is 5.56 Å². The Morgan fingerprint density at radius 1 is 1.10 bits per heavy atom. The average molecular weight is 399 g/mol. The lowest BCUT2D eigenvalue weighted by molar-refractivity contribution is -0.156. The fraction of sp³-hybridized carbons (Fsp3) is 0.364. The molecule has 0 aliphatic carbocycles. The Kier molecular flexibility index (Phi) is 7.08. The maximum atomic E-state index is 12.4. The van der Waals surface area contributed by atoms with Crippen LogP contribution < -0.4 is 10.1 Å². The van der Waals surface area contributed by atoms with Gasteiger partial charge in [0.15, 0.2) is 6.04 Å². The van der Waals surface area contributed by atoms with Gasteiger partial charge < -0.3 is 24.6 Å². The van der Waals surface area contributed by atoms with Crippen molar-refractivity contribution in [1.29, 1.82) is 0 Å². The van der Waals surface area contributed by atoms with Crippen molar-refractivity contribution in [1.82, 2.24) is 5.32 Å². The van der Waals surface area contributed by atoms with Gasteiger partial charge in [0.2, 0.25) is 0 Å². The van der Waals surface area contributed by atoms with Crippen LogP contribution in [0, 0.1) is 5.92 Å². The Labute approximate surface area is 169 Å². The van der Waals surface area contributed by atoms with Gasteiger partial charge in [-0.05, 0) is 31.0 Å². The van der Waals surface area contributed by atoms with Crippen LogP contribution in [0.1, 0.15) is 12.5 Å². The molecule has 1 amide bonds. The molecule has 154 valence electrons. The summed E-state index contributed by atoms with van der Waals surface area (Å²) in [6.07, 6.45) is -1.71. The van der Waals surface area contributed by atoms with Gasteiger partial charge in [0, 0.05) is 5.92 Å². The molecule has 0 unspecified atom stereocenters. The fourth-order valence-corrected chi connectivity index (χ4v) is 3.41. The molecule has 0 radical (unpaired) electrons. The van der Waals surface area contributed by atoms with E-state index in [4.69, 9.17) is 19.3 Å². The van der Waals surface area contributed by atoms with E-state index < -0.39 is 30.3 Å². The number of carbonyl (C=O) groups excluding carboxylic acids is 1. The van der Waals surface area contributed by atoms with Crippen LogP contribution in [-0.4, -0.2) is 48.6 Å². The Morgan fingerprint density at radius 2 is 1.76 bits per heavy atom. The quantitative estimate of drug-likeness (QED) is 0.751. The lowest BCUT2D eigenvalue weighted by Crippen LogP contribution is -2.46. The molecule has 3 rings (SSSR count). The lowest BCUT2D eigenvalue weighted by Gasteiger charge is -2.31. The van der Waals surface area contributed by atoms with E-state index in [1.807, 2.05) is 60.7 Å². The first kappa shape index (κ1) is 20.7. The highest BCUT2D eigenvalue weighted by atomic mass is 16.6. The number of hydrogen-bond acceptors (Lipinski definition) is 5. The summed E-state index contributed by atoms with van der Waals surface area (Å²) >= 11 is 0. The molecule has 0 spiro atoms. The van der Waals surface area contributed by atoms with Crippen molar-refractivity contribution in [3.05, 3.63) is 66.2 Å². The number of benzene rings is 2. The highest BCUT2D eigenvalue weighted by Crippen LogP contribution is 2.25. The van der Waals surface area contributed by atoms with Gasteiger partial charge in [-0.3, -0.25) is 0 Å². The smallest absolute Gasteiger partial charge is 0.405 e. The van der Waals surface area contributed by atoms with Crippen molar-refractivity contribution in [3.8, 4) is 5.75 Å². The summed E-state index contributed by atoms with van der Waals surface area (Å²) in [6.45, 7) is 1.96. The van der Waals surface area contributed by atoms with Gasteiger partial charge in [0.1, 0.15) is 18.0 Å². The molecular formula is C22H25NO6. The normalized spacial score (nSPS) is 25.1. The van der Waals surface area contributed by atoms with Gasteiger partial charge in [-0.2, -0.15) is 0 Å². The second kappa shape index (κ2) is 9.93. The third kappa shape index (κ3) is 5.96. The highest BCUT2D eigenvalue weighted by molar-refractivity contribution is 5.81. The number of para-hydroxylation sites is 1. The Hall–Kier alpha value is -3.06. The van der Waals surface area contributed by atoms with Crippen LogP contribution >= 0.6 is 0 Å². The van der Waals surface area contributed by atoms with Crippen LogP contribution in [-0.2, 0) is 20.7 Å². The summed E-state index contributed by atoms with van der Waals surface area (Å²) in [5.41, 5.74) is 1.11. The summed E-state index contributed by atoms with van der Waals surface area (Å²) in [5.74, 6) is -0.121. The fourth-order valence-electron chi connectivity index (χ4n) is 3.41. The largest absolute Gasteiger partial charge is 0.486 e. The Balaban J connectivity index is 1.84. The number of esters is 1. The second-order valence-electron chi connectivity index (χ2n) is 7.03. The van der Waals surface area contributed by atoms with Crippen molar-refractivity contribution in [2.45, 2.75) is 31.6 Å². The molecule has 0 bridgehead atoms. The number of nitrogens with one attached hydrogen (secondary N) is 1. The summed E-state index contributed by atoms with van der Waals surface area (Å²) < 4.78 is 17.5. The predicted octanol–water partition coefficient (Wildman–Crippen LogP) is 2.89. The first-order valence-corrected chi connectivity index (χ1v) is 9.56. The van der Waals surface area contributed by atoms with Crippen LogP contribution in [0.3, 0.4) is 0 Å². The molecule has 2 aromatic carbocycles. The summed E-state index contributed by atoms with van der Waals surface area (Å²) in [6, 6.07) is 18.2. The number of carbonyl (C=O) groups is 2. The number of hydrogen-bond donors (Lipinski definition) is 2. The molecule has 0 saturated carbocycles. The van der Waals surface area contributed by atoms with Gasteiger partial charge in [0.25, 0.3) is 0 Å². The first-order chi connectivity index (χ1) is 14.0. The van der Waals surface area contributed by atoms with Gasteiger partial charge in [0.05, 0.1) is 13.2 Å². The van der Waals surface area contributed by atoms with Crippen molar-refractivity contribution >= 4 is 12.1 Å². The van der Waals surface area contributed by atoms with Gasteiger partial charge >= 0.3 is 12.1 Å². The molecule has 2 N–H and O–H groups in total. The lowest BCUT2D eigenvalue weighted by atomic mass is 9.91. The van der Waals surface area contributed by atoms with E-state index in [0.29, 0.717) is 18.8 Å². The minimum Gasteiger partial charge on any atom is -0.486 e. The first-order valence-electron chi connectivity index (χ1n) is 9.56. The monoisotopic (exact) mass is 399 g/mol. The molecule has 4 atom stereocenters. The molecule has 1 aliphatic heterocycles. The number of carboxylic acid groups (broad SMARTS) is 1. The number of ether oxygens (including phenoxy) is 3. The third-order valence-electron chi connectivity index (χ3n) is 4.78. The molecule has 1 saturated heterocycles. The molecule has 1 aliphatic rings. The van der Waals surface area contributed by atoms with Crippen molar-refractivity contribution < 1.29 is 28.9 Å². The number of cyclic esters (lactones) is 1. The van der Waals surface area contributed by atoms with Gasteiger partial charge in [-0.1, -0.05) is 48.5 Å². The van der Waals surface area contributed by atoms with Gasteiger partial charge in [-0.15, -0.1) is 0 Å². The highest BCUT2D eigenvalue weighted by Gasteiger charge is 2.36. The van der Waals surface area contributed by atoms with Crippen LogP contribution in [0.15, 0.2) is 60.7 Å². The molecular weight excluding hydrogens is 374 g/mol. The van der Waals surface area contributed by atoms with E-state index >= 15 is 0 Å². The Bertz CT molecular complexity index is 797. The topological polar surface area (TPSA) is 94.1 Å². The standard InChI is InChI=1S/C22H25NO6/c1-15-20(29-18-10-6-3-7-11-18)17(12-16-8-4-2-5-9-16)13-27-14-19(21(24)28-15)23-22(25)26/h2-11,15,17,19-20,23H,12-14H2,1H3,(H,25,26)/t15-,17-,19-,20-/m0/s1. The van der Waals surface area contributed by atoms with Crippen LogP contribution in [0.5, 0.6) is 5.75 Å². The predicted molar refractivity (Wildman–Crippen MR) is 106 cm³/mol. The van der Waals surface area contributed by atoms with E-state index in [9.17, 15) is 9.59 Å². The maximum absolute atomic E-state index is 12.4. The zero-order valence-corrected chi connectivity index (χ0v) is 16.2. The van der Waals surface area contributed by atoms with Crippen molar-refractivity contribution in [2.75, 3.05) is 13.2 Å². The second-order valence-corrected chi connectivity index (χ2v) is 7.03. The molecule has 7 nitrogen and oxygen atoms in total. The molecule has 2 aromatic rings. The number of rotatable bonds is 5. The molecule has 29 heavy (non-hydrogen) atoms. The Morgan fingerprint density at radius 3 is 2.41 bits per heavy atom. The number of amides is 1. The van der Waals surface area contributed by atoms with Crippen molar-refractivity contribution in [3.63, 3.8) is 0 Å². The van der Waals surface area contributed by atoms with Crippen molar-refractivity contribution in [2.24, 2.45) is 5.92 Å².